The molecule has 0 heterocycles. The lowest BCUT2D eigenvalue weighted by molar-refractivity contribution is -0.137. The van der Waals surface area contributed by atoms with Crippen LogP contribution in [0, 0.1) is 5.92 Å². The van der Waals surface area contributed by atoms with Gasteiger partial charge < -0.3 is 5.32 Å². The fourth-order valence-corrected chi connectivity index (χ4v) is 5.46. The smallest absolute Gasteiger partial charge is 0.313 e. The Morgan fingerprint density at radius 3 is 2.30 bits per heavy atom. The van der Waals surface area contributed by atoms with Gasteiger partial charge in [0.2, 0.25) is 10.0 Å². The maximum absolute atomic E-state index is 12.8. The number of alkyl halides is 3. The van der Waals surface area contributed by atoms with Gasteiger partial charge in [-0.1, -0.05) is 25.3 Å². The lowest BCUT2D eigenvalue weighted by Gasteiger charge is -2.34. The normalized spacial score (nSPS) is 20.4. The Bertz CT molecular complexity index is 756. The summed E-state index contributed by atoms with van der Waals surface area (Å²) >= 11 is 0. The molecule has 8 heteroatoms. The van der Waals surface area contributed by atoms with E-state index in [1.807, 2.05) is 6.08 Å². The molecule has 0 saturated heterocycles. The molecule has 1 aliphatic rings. The number of nitrogens with zero attached hydrogens (tertiary/aromatic N) is 1. The number of rotatable bonds is 11. The van der Waals surface area contributed by atoms with E-state index in [9.17, 15) is 21.6 Å². The molecule has 0 aliphatic heterocycles. The Hall–Kier alpha value is -1.38. The highest BCUT2D eigenvalue weighted by Crippen LogP contribution is 2.34. The van der Waals surface area contributed by atoms with Gasteiger partial charge in [-0.05, 0) is 68.8 Å². The van der Waals surface area contributed by atoms with Crippen LogP contribution in [0.4, 0.5) is 13.2 Å². The number of hydrogen-bond acceptors (Lipinski definition) is 3. The van der Waals surface area contributed by atoms with E-state index in [0.717, 1.165) is 69.5 Å². The molecule has 0 unspecified atom stereocenters. The summed E-state index contributed by atoms with van der Waals surface area (Å²) in [6, 6.07) is 3.64. The van der Waals surface area contributed by atoms with E-state index in [-0.39, 0.29) is 10.9 Å². The van der Waals surface area contributed by atoms with Gasteiger partial charge in [0, 0.05) is 19.6 Å². The van der Waals surface area contributed by atoms with Crippen molar-refractivity contribution in [3.63, 3.8) is 0 Å². The van der Waals surface area contributed by atoms with Crippen molar-refractivity contribution in [2.75, 3.05) is 20.1 Å². The Morgan fingerprint density at radius 1 is 1.10 bits per heavy atom. The molecule has 0 aromatic heterocycles. The summed E-state index contributed by atoms with van der Waals surface area (Å²) in [4.78, 5) is -0.0924. The molecular weight excluding hydrogens is 413 g/mol. The first-order chi connectivity index (χ1) is 14.2. The Kier molecular flexibility index (Phi) is 9.37. The van der Waals surface area contributed by atoms with Gasteiger partial charge in [0.25, 0.3) is 0 Å². The Morgan fingerprint density at radius 2 is 1.73 bits per heavy atom. The first kappa shape index (κ1) is 24.9. The molecule has 0 spiro atoms. The van der Waals surface area contributed by atoms with Crippen LogP contribution in [0.5, 0.6) is 0 Å². The minimum Gasteiger partial charge on any atom is -0.313 e. The highest BCUT2D eigenvalue weighted by atomic mass is 32.2. The van der Waals surface area contributed by atoms with E-state index in [4.69, 9.17) is 0 Å². The third-order valence-electron chi connectivity index (χ3n) is 5.94. The van der Waals surface area contributed by atoms with E-state index < -0.39 is 21.8 Å². The number of sulfonamides is 1. The number of unbranched alkanes of at least 4 members (excludes halogenated alkanes) is 2. The Balaban J connectivity index is 1.80. The summed E-state index contributed by atoms with van der Waals surface area (Å²) in [5.41, 5.74) is -0.846. The highest BCUT2D eigenvalue weighted by molar-refractivity contribution is 7.89. The first-order valence-corrected chi connectivity index (χ1v) is 12.1. The summed E-state index contributed by atoms with van der Waals surface area (Å²) in [6.45, 7) is 5.52. The second-order valence-corrected chi connectivity index (χ2v) is 10.1. The maximum atomic E-state index is 12.8. The van der Waals surface area contributed by atoms with Gasteiger partial charge in [0.05, 0.1) is 10.5 Å². The van der Waals surface area contributed by atoms with Crippen molar-refractivity contribution in [2.24, 2.45) is 5.92 Å². The lowest BCUT2D eigenvalue weighted by Crippen LogP contribution is -2.39. The second-order valence-electron chi connectivity index (χ2n) is 8.06. The molecule has 1 aliphatic carbocycles. The number of benzene rings is 1. The van der Waals surface area contributed by atoms with Gasteiger partial charge in [-0.3, -0.25) is 0 Å². The van der Waals surface area contributed by atoms with Crippen molar-refractivity contribution in [3.8, 4) is 0 Å². The van der Waals surface area contributed by atoms with Crippen LogP contribution < -0.4 is 5.32 Å². The molecule has 0 radical (unpaired) electrons. The Labute approximate surface area is 178 Å². The van der Waals surface area contributed by atoms with Crippen molar-refractivity contribution >= 4 is 10.0 Å². The standard InChI is InChI=1S/C22H33F3N2O2S/c1-3-16-26-17-6-4-5-7-18-8-12-20(13-9-18)27(2)30(28,29)21-14-10-19(11-15-21)22(23,24)25/h3,10-11,14-15,18,20,26H,1,4-9,12-13,16-17H2,2H3/t18-,20-. The SMILES string of the molecule is C=CCNCCCCC[C@H]1CC[C@H](N(C)S(=O)(=O)c2ccc(C(F)(F)F)cc2)CC1. The zero-order chi connectivity index (χ0) is 22.2. The molecule has 1 aromatic rings. The zero-order valence-electron chi connectivity index (χ0n) is 17.6. The predicted octanol–water partition coefficient (Wildman–Crippen LogP) is 5.22. The average molecular weight is 447 g/mol. The van der Waals surface area contributed by atoms with Crippen molar-refractivity contribution < 1.29 is 21.6 Å². The molecule has 4 nitrogen and oxygen atoms in total. The van der Waals surface area contributed by atoms with E-state index in [2.05, 4.69) is 11.9 Å². The largest absolute Gasteiger partial charge is 0.416 e. The first-order valence-electron chi connectivity index (χ1n) is 10.6. The minimum absolute atomic E-state index is 0.0924. The molecule has 0 bridgehead atoms. The van der Waals surface area contributed by atoms with Gasteiger partial charge in [0.15, 0.2) is 0 Å². The van der Waals surface area contributed by atoms with Gasteiger partial charge >= 0.3 is 6.18 Å². The number of halogens is 3. The molecule has 170 valence electrons. The van der Waals surface area contributed by atoms with Gasteiger partial charge in [0.1, 0.15) is 0 Å². The van der Waals surface area contributed by atoms with E-state index >= 15 is 0 Å². The summed E-state index contributed by atoms with van der Waals surface area (Å²) < 4.78 is 65.1. The summed E-state index contributed by atoms with van der Waals surface area (Å²) in [5, 5.41) is 3.29. The lowest BCUT2D eigenvalue weighted by atomic mass is 9.83. The van der Waals surface area contributed by atoms with Crippen molar-refractivity contribution in [2.45, 2.75) is 68.5 Å². The van der Waals surface area contributed by atoms with Crippen LogP contribution in [-0.4, -0.2) is 38.9 Å². The molecule has 30 heavy (non-hydrogen) atoms. The van der Waals surface area contributed by atoms with E-state index in [1.54, 1.807) is 0 Å². The molecule has 1 saturated carbocycles. The second kappa shape index (κ2) is 11.3. The molecule has 0 amide bonds. The van der Waals surface area contributed by atoms with E-state index in [1.165, 1.54) is 30.6 Å². The molecule has 1 aromatic carbocycles. The van der Waals surface area contributed by atoms with Gasteiger partial charge in [-0.15, -0.1) is 6.58 Å². The molecule has 1 fully saturated rings. The number of hydrogen-bond donors (Lipinski definition) is 1. The molecule has 0 atom stereocenters. The van der Waals surface area contributed by atoms with Crippen molar-refractivity contribution in [1.82, 2.24) is 9.62 Å². The third kappa shape index (κ3) is 7.10. The summed E-state index contributed by atoms with van der Waals surface area (Å²) in [5.74, 6) is 0.629. The molecular formula is C22H33F3N2O2S. The van der Waals surface area contributed by atoms with Gasteiger partial charge in [-0.25, -0.2) is 8.42 Å². The zero-order valence-corrected chi connectivity index (χ0v) is 18.4. The molecule has 2 rings (SSSR count). The average Bonchev–Trinajstić information content (AvgIpc) is 2.72. The maximum Gasteiger partial charge on any atom is 0.416 e. The molecule has 1 N–H and O–H groups in total. The van der Waals surface area contributed by atoms with Crippen LogP contribution in [-0.2, 0) is 16.2 Å². The third-order valence-corrected chi connectivity index (χ3v) is 7.87. The fourth-order valence-electron chi connectivity index (χ4n) is 4.04. The van der Waals surface area contributed by atoms with E-state index in [0.29, 0.717) is 5.92 Å². The van der Waals surface area contributed by atoms with Crippen LogP contribution in [0.3, 0.4) is 0 Å². The quantitative estimate of drug-likeness (QED) is 0.374. The highest BCUT2D eigenvalue weighted by Gasteiger charge is 2.33. The fraction of sp³-hybridized carbons (Fsp3) is 0.636. The van der Waals surface area contributed by atoms with Crippen LogP contribution in [0.25, 0.3) is 0 Å². The topological polar surface area (TPSA) is 49.4 Å². The summed E-state index contributed by atoms with van der Waals surface area (Å²) in [7, 11) is -2.26. The number of nitrogens with one attached hydrogen (secondary N) is 1. The van der Waals surface area contributed by atoms with Crippen molar-refractivity contribution in [3.05, 3.63) is 42.5 Å². The summed E-state index contributed by atoms with van der Waals surface area (Å²) in [6.07, 6.45) is 5.64. The van der Waals surface area contributed by atoms with Crippen LogP contribution in [0.15, 0.2) is 41.8 Å². The van der Waals surface area contributed by atoms with Crippen LogP contribution in [0.2, 0.25) is 0 Å². The predicted molar refractivity (Wildman–Crippen MR) is 114 cm³/mol. The van der Waals surface area contributed by atoms with Gasteiger partial charge in [-0.2, -0.15) is 17.5 Å². The van der Waals surface area contributed by atoms with Crippen molar-refractivity contribution in [1.29, 1.82) is 0 Å². The minimum atomic E-state index is -4.48. The van der Waals surface area contributed by atoms with Crippen LogP contribution >= 0.6 is 0 Å². The monoisotopic (exact) mass is 446 g/mol. The van der Waals surface area contributed by atoms with Crippen LogP contribution in [0.1, 0.15) is 56.9 Å².